The van der Waals surface area contributed by atoms with Gasteiger partial charge >= 0.3 is 0 Å². The number of hydrogen-bond acceptors (Lipinski definition) is 5. The van der Waals surface area contributed by atoms with E-state index in [2.05, 4.69) is 17.1 Å². The van der Waals surface area contributed by atoms with Gasteiger partial charge in [0.05, 0.1) is 17.5 Å². The molecule has 0 radical (unpaired) electrons. The van der Waals surface area contributed by atoms with Crippen LogP contribution >= 0.6 is 23.1 Å². The molecule has 1 aliphatic heterocycles. The minimum atomic E-state index is -0.0677. The molecule has 0 saturated carbocycles. The zero-order valence-electron chi connectivity index (χ0n) is 14.2. The van der Waals surface area contributed by atoms with Crippen molar-refractivity contribution in [3.63, 3.8) is 0 Å². The highest BCUT2D eigenvalue weighted by molar-refractivity contribution is 7.99. The Kier molecular flexibility index (Phi) is 5.08. The molecule has 0 spiro atoms. The normalized spacial score (nSPS) is 17.1. The molecule has 1 fully saturated rings. The van der Waals surface area contributed by atoms with Crippen LogP contribution in [0.25, 0.3) is 4.96 Å². The summed E-state index contributed by atoms with van der Waals surface area (Å²) in [6.07, 6.45) is 3.80. The zero-order valence-corrected chi connectivity index (χ0v) is 15.8. The van der Waals surface area contributed by atoms with Crippen molar-refractivity contribution in [1.82, 2.24) is 14.3 Å². The third-order valence-corrected chi connectivity index (χ3v) is 6.30. The van der Waals surface area contributed by atoms with E-state index in [1.807, 2.05) is 28.5 Å². The van der Waals surface area contributed by atoms with E-state index >= 15 is 0 Å². The fourth-order valence-electron chi connectivity index (χ4n) is 3.37. The monoisotopic (exact) mass is 385 g/mol. The number of carbonyl (C=O) groups excluding carboxylic acids is 1. The smallest absolute Gasteiger partial charge is 0.258 e. The van der Waals surface area contributed by atoms with Crippen LogP contribution in [-0.4, -0.2) is 32.5 Å². The lowest BCUT2D eigenvalue weighted by Gasteiger charge is -2.25. The summed E-state index contributed by atoms with van der Waals surface area (Å²) < 4.78 is 1.54. The molecule has 1 amide bonds. The van der Waals surface area contributed by atoms with E-state index < -0.39 is 0 Å². The molecule has 1 aromatic carbocycles. The zero-order chi connectivity index (χ0) is 17.9. The second-order valence-electron chi connectivity index (χ2n) is 6.29. The third-order valence-electron chi connectivity index (χ3n) is 4.59. The van der Waals surface area contributed by atoms with Gasteiger partial charge in [0.15, 0.2) is 4.96 Å². The molecule has 1 atom stereocenters. The van der Waals surface area contributed by atoms with Crippen LogP contribution in [-0.2, 0) is 10.5 Å². The molecular weight excluding hydrogens is 366 g/mol. The lowest BCUT2D eigenvalue weighted by atomic mass is 10.0. The second-order valence-corrected chi connectivity index (χ2v) is 8.15. The lowest BCUT2D eigenvalue weighted by molar-refractivity contribution is -0.129. The fraction of sp³-hybridized carbons (Fsp3) is 0.316. The number of amides is 1. The molecule has 3 heterocycles. The van der Waals surface area contributed by atoms with Crippen LogP contribution in [0.15, 0.2) is 52.8 Å². The first-order valence-corrected chi connectivity index (χ1v) is 10.6. The molecule has 1 aliphatic rings. The topological polar surface area (TPSA) is 54.7 Å². The van der Waals surface area contributed by atoms with Crippen LogP contribution in [0, 0.1) is 0 Å². The van der Waals surface area contributed by atoms with Gasteiger partial charge in [-0.3, -0.25) is 14.0 Å². The first-order chi connectivity index (χ1) is 12.7. The van der Waals surface area contributed by atoms with Gasteiger partial charge in [0, 0.05) is 29.9 Å². The molecule has 0 aliphatic carbocycles. The highest BCUT2D eigenvalue weighted by Gasteiger charge is 2.29. The van der Waals surface area contributed by atoms with Gasteiger partial charge in [0.2, 0.25) is 5.91 Å². The SMILES string of the molecule is O=C(CSCc1cc(=O)n2ccsc2n1)N1CCCC1c1ccccc1. The largest absolute Gasteiger partial charge is 0.335 e. The predicted octanol–water partition coefficient (Wildman–Crippen LogP) is 3.35. The molecule has 1 saturated heterocycles. The minimum absolute atomic E-state index is 0.0677. The third kappa shape index (κ3) is 3.54. The van der Waals surface area contributed by atoms with Crippen LogP contribution < -0.4 is 5.56 Å². The average Bonchev–Trinajstić information content (AvgIpc) is 3.32. The van der Waals surface area contributed by atoms with Crippen LogP contribution in [0.3, 0.4) is 0 Å². The molecule has 5 nitrogen and oxygen atoms in total. The highest BCUT2D eigenvalue weighted by Crippen LogP contribution is 2.32. The summed E-state index contributed by atoms with van der Waals surface area (Å²) in [5.74, 6) is 1.14. The maximum Gasteiger partial charge on any atom is 0.258 e. The van der Waals surface area contributed by atoms with Crippen molar-refractivity contribution in [2.24, 2.45) is 0 Å². The number of rotatable bonds is 5. The van der Waals surface area contributed by atoms with Crippen molar-refractivity contribution >= 4 is 34.0 Å². The molecule has 1 unspecified atom stereocenters. The maximum absolute atomic E-state index is 12.7. The quantitative estimate of drug-likeness (QED) is 0.676. The number of hydrogen-bond donors (Lipinski definition) is 0. The van der Waals surface area contributed by atoms with E-state index in [0.29, 0.717) is 16.5 Å². The summed E-state index contributed by atoms with van der Waals surface area (Å²) in [4.78, 5) is 31.9. The Morgan fingerprint density at radius 1 is 1.31 bits per heavy atom. The molecule has 26 heavy (non-hydrogen) atoms. The van der Waals surface area contributed by atoms with E-state index in [9.17, 15) is 9.59 Å². The van der Waals surface area contributed by atoms with Crippen molar-refractivity contribution < 1.29 is 4.79 Å². The number of thiazole rings is 1. The summed E-state index contributed by atoms with van der Waals surface area (Å²) in [5.41, 5.74) is 1.87. The molecule has 0 N–H and O–H groups in total. The molecule has 4 rings (SSSR count). The number of aromatic nitrogens is 2. The maximum atomic E-state index is 12.7. The Morgan fingerprint density at radius 3 is 3.00 bits per heavy atom. The number of carbonyl (C=O) groups is 1. The van der Waals surface area contributed by atoms with Gasteiger partial charge in [-0.1, -0.05) is 30.3 Å². The Balaban J connectivity index is 1.38. The number of fused-ring (bicyclic) bond motifs is 1. The van der Waals surface area contributed by atoms with Gasteiger partial charge in [-0.05, 0) is 18.4 Å². The summed E-state index contributed by atoms with van der Waals surface area (Å²) in [7, 11) is 0. The summed E-state index contributed by atoms with van der Waals surface area (Å²) >= 11 is 2.96. The summed E-state index contributed by atoms with van der Waals surface area (Å²) in [6, 6.07) is 12.0. The number of nitrogens with zero attached hydrogens (tertiary/aromatic N) is 3. The van der Waals surface area contributed by atoms with Crippen molar-refractivity contribution in [2.75, 3.05) is 12.3 Å². The van der Waals surface area contributed by atoms with Crippen LogP contribution in [0.5, 0.6) is 0 Å². The fourth-order valence-corrected chi connectivity index (χ4v) is 4.91. The summed E-state index contributed by atoms with van der Waals surface area (Å²) in [6.45, 7) is 0.819. The predicted molar refractivity (Wildman–Crippen MR) is 106 cm³/mol. The number of likely N-dealkylation sites (tertiary alicyclic amines) is 1. The Hall–Kier alpha value is -2.12. The van der Waals surface area contributed by atoms with E-state index in [4.69, 9.17) is 0 Å². The molecule has 2 aromatic heterocycles. The standard InChI is InChI=1S/C19H19N3O2S2/c23-17-11-15(20-19-22(17)9-10-26-19)12-25-13-18(24)21-8-4-7-16(21)14-5-2-1-3-6-14/h1-3,5-6,9-11,16H,4,7-8,12-13H2. The van der Waals surface area contributed by atoms with Gasteiger partial charge < -0.3 is 4.90 Å². The van der Waals surface area contributed by atoms with Crippen molar-refractivity contribution in [3.8, 4) is 0 Å². The van der Waals surface area contributed by atoms with Gasteiger partial charge in [-0.15, -0.1) is 23.1 Å². The molecule has 134 valence electrons. The Bertz CT molecular complexity index is 968. The number of benzene rings is 1. The number of thioether (sulfide) groups is 1. The summed E-state index contributed by atoms with van der Waals surface area (Å²) in [5, 5.41) is 1.85. The van der Waals surface area contributed by atoms with E-state index in [-0.39, 0.29) is 17.5 Å². The first-order valence-electron chi connectivity index (χ1n) is 8.60. The lowest BCUT2D eigenvalue weighted by Crippen LogP contribution is -2.32. The van der Waals surface area contributed by atoms with Gasteiger partial charge in [0.1, 0.15) is 0 Å². The van der Waals surface area contributed by atoms with Crippen molar-refractivity contribution in [3.05, 3.63) is 69.6 Å². The second kappa shape index (κ2) is 7.63. The van der Waals surface area contributed by atoms with E-state index in [0.717, 1.165) is 25.1 Å². The molecule has 0 bridgehead atoms. The van der Waals surface area contributed by atoms with Crippen LogP contribution in [0.1, 0.15) is 30.1 Å². The minimum Gasteiger partial charge on any atom is -0.335 e. The Morgan fingerprint density at radius 2 is 2.15 bits per heavy atom. The van der Waals surface area contributed by atoms with Crippen molar-refractivity contribution in [1.29, 1.82) is 0 Å². The van der Waals surface area contributed by atoms with Crippen LogP contribution in [0.2, 0.25) is 0 Å². The van der Waals surface area contributed by atoms with Crippen molar-refractivity contribution in [2.45, 2.75) is 24.6 Å². The van der Waals surface area contributed by atoms with Gasteiger partial charge in [-0.2, -0.15) is 0 Å². The van der Waals surface area contributed by atoms with E-state index in [1.165, 1.54) is 28.7 Å². The Labute approximate surface area is 159 Å². The average molecular weight is 386 g/mol. The van der Waals surface area contributed by atoms with E-state index in [1.54, 1.807) is 16.7 Å². The first kappa shape index (κ1) is 17.3. The highest BCUT2D eigenvalue weighted by atomic mass is 32.2. The molecule has 7 heteroatoms. The molecule has 3 aromatic rings. The van der Waals surface area contributed by atoms with Crippen LogP contribution in [0.4, 0.5) is 0 Å². The molecular formula is C19H19N3O2S2. The van der Waals surface area contributed by atoms with Gasteiger partial charge in [-0.25, -0.2) is 4.98 Å². The van der Waals surface area contributed by atoms with Gasteiger partial charge in [0.25, 0.3) is 5.56 Å².